The molecule has 2 nitrogen and oxygen atoms in total. The van der Waals surface area contributed by atoms with Crippen molar-refractivity contribution in [1.82, 2.24) is 0 Å². The SMILES string of the molecule is N[SiH]O[SiH3]. The highest BCUT2D eigenvalue weighted by Gasteiger charge is 1.56. The molecule has 0 amide bonds. The van der Waals surface area contributed by atoms with Crippen molar-refractivity contribution in [1.29, 1.82) is 0 Å². The molecule has 0 atom stereocenters. The van der Waals surface area contributed by atoms with Gasteiger partial charge in [-0.1, -0.05) is 0 Å². The van der Waals surface area contributed by atoms with Crippen molar-refractivity contribution in [3.63, 3.8) is 0 Å². The highest BCUT2D eigenvalue weighted by molar-refractivity contribution is 6.30. The van der Waals surface area contributed by atoms with Gasteiger partial charge in [-0.25, -0.2) is 0 Å². The van der Waals surface area contributed by atoms with E-state index in [9.17, 15) is 0 Å². The summed E-state index contributed by atoms with van der Waals surface area (Å²) < 4.78 is 4.54. The van der Waals surface area contributed by atoms with Crippen LogP contribution in [0, 0.1) is 0 Å². The van der Waals surface area contributed by atoms with Crippen LogP contribution in [0.2, 0.25) is 0 Å². The molecule has 4 heteroatoms. The Bertz CT molecular complexity index is 8.00. The molecule has 0 aliphatic carbocycles. The average molecular weight is 92.2 g/mol. The molecule has 0 aliphatic heterocycles. The van der Waals surface area contributed by atoms with E-state index in [1.54, 1.807) is 0 Å². The summed E-state index contributed by atoms with van der Waals surface area (Å²) in [5, 5.41) is 4.92. The van der Waals surface area contributed by atoms with Crippen molar-refractivity contribution < 1.29 is 4.12 Å². The first-order chi connectivity index (χ1) is 1.91. The summed E-state index contributed by atoms with van der Waals surface area (Å²) in [7, 11) is 0.646. The van der Waals surface area contributed by atoms with Crippen LogP contribution in [-0.2, 0) is 4.12 Å². The molecule has 1 radical (unpaired) electrons. The maximum absolute atomic E-state index is 4.92. The molecular weight excluding hydrogens is 86.2 g/mol. The van der Waals surface area contributed by atoms with E-state index in [2.05, 4.69) is 4.12 Å². The maximum Gasteiger partial charge on any atom is 0.268 e. The minimum Gasteiger partial charge on any atom is -0.455 e. The second-order valence-electron chi connectivity index (χ2n) is 0.372. The molecule has 0 aromatic rings. The zero-order chi connectivity index (χ0) is 3.41. The molecule has 0 unspecified atom stereocenters. The minimum atomic E-state index is -0.156. The minimum absolute atomic E-state index is 0.156. The molecule has 25 valence electrons. The van der Waals surface area contributed by atoms with Crippen LogP contribution in [0.1, 0.15) is 0 Å². The van der Waals surface area contributed by atoms with Gasteiger partial charge in [0.25, 0.3) is 9.92 Å². The van der Waals surface area contributed by atoms with Crippen molar-refractivity contribution in [3.05, 3.63) is 0 Å². The molecule has 0 fully saturated rings. The van der Waals surface area contributed by atoms with Gasteiger partial charge in [-0.3, -0.25) is 0 Å². The smallest absolute Gasteiger partial charge is 0.268 e. The summed E-state index contributed by atoms with van der Waals surface area (Å²) in [5.74, 6) is 0. The fraction of sp³-hybridized carbons (Fsp3) is 0. The van der Waals surface area contributed by atoms with Gasteiger partial charge in [-0.15, -0.1) is 0 Å². The molecule has 0 aromatic carbocycles. The molecular formula is H6NOSi2. The number of nitrogens with two attached hydrogens (primary N) is 1. The first-order valence-corrected chi connectivity index (χ1v) is 2.93. The van der Waals surface area contributed by atoms with Crippen LogP contribution in [0.15, 0.2) is 0 Å². The lowest BCUT2D eigenvalue weighted by molar-refractivity contribution is 0.665. The number of hydrogen-bond donors (Lipinski definition) is 1. The molecule has 0 aliphatic rings. The summed E-state index contributed by atoms with van der Waals surface area (Å²) in [6.07, 6.45) is 0. The summed E-state index contributed by atoms with van der Waals surface area (Å²) in [6.45, 7) is 0. The lowest BCUT2D eigenvalue weighted by atomic mass is 13.9. The zero-order valence-corrected chi connectivity index (χ0v) is 5.72. The third kappa shape index (κ3) is 2.35. The molecule has 0 heterocycles. The van der Waals surface area contributed by atoms with E-state index < -0.39 is 0 Å². The van der Waals surface area contributed by atoms with Gasteiger partial charge in [0, 0.05) is 0 Å². The molecule has 0 rings (SSSR count). The van der Waals surface area contributed by atoms with Crippen molar-refractivity contribution >= 4 is 20.4 Å². The summed E-state index contributed by atoms with van der Waals surface area (Å²) in [6, 6.07) is 0. The van der Waals surface area contributed by atoms with Crippen LogP contribution in [0.4, 0.5) is 0 Å². The summed E-state index contributed by atoms with van der Waals surface area (Å²) >= 11 is 0. The fourth-order valence-corrected chi connectivity index (χ4v) is 0. The highest BCUT2D eigenvalue weighted by Crippen LogP contribution is 1.31. The van der Waals surface area contributed by atoms with Crippen LogP contribution >= 0.6 is 0 Å². The Labute approximate surface area is 30.9 Å². The highest BCUT2D eigenvalue weighted by atomic mass is 28.3. The van der Waals surface area contributed by atoms with Crippen molar-refractivity contribution in [3.8, 4) is 0 Å². The Morgan fingerprint density at radius 1 is 2.00 bits per heavy atom. The monoisotopic (exact) mass is 92.0 g/mol. The lowest BCUT2D eigenvalue weighted by Gasteiger charge is -1.75. The topological polar surface area (TPSA) is 35.2 Å². The largest absolute Gasteiger partial charge is 0.455 e. The Kier molecular flexibility index (Phi) is 3.65. The standard InChI is InChI=1S/H6NOSi2/c1-4-2-3/h4H,1H2,3H3. The summed E-state index contributed by atoms with van der Waals surface area (Å²) in [4.78, 5) is 0. The van der Waals surface area contributed by atoms with Gasteiger partial charge < -0.3 is 9.51 Å². The lowest BCUT2D eigenvalue weighted by Crippen LogP contribution is -2.06. The van der Waals surface area contributed by atoms with E-state index in [-0.39, 0.29) is 9.92 Å². The molecule has 0 saturated heterocycles. The van der Waals surface area contributed by atoms with Crippen LogP contribution in [-0.4, -0.2) is 20.4 Å². The van der Waals surface area contributed by atoms with Gasteiger partial charge in [-0.2, -0.15) is 0 Å². The van der Waals surface area contributed by atoms with Crippen molar-refractivity contribution in [2.24, 2.45) is 5.40 Å². The van der Waals surface area contributed by atoms with Crippen LogP contribution in [0.5, 0.6) is 0 Å². The summed E-state index contributed by atoms with van der Waals surface area (Å²) in [5.41, 5.74) is 0. The molecule has 2 N–H and O–H groups in total. The maximum atomic E-state index is 4.92. The van der Waals surface area contributed by atoms with Gasteiger partial charge >= 0.3 is 0 Å². The fourth-order valence-electron chi connectivity index (χ4n) is 0. The molecule has 0 aromatic heterocycles. The Morgan fingerprint density at radius 3 is 2.25 bits per heavy atom. The first kappa shape index (κ1) is 4.35. The molecule has 0 bridgehead atoms. The van der Waals surface area contributed by atoms with E-state index in [1.807, 2.05) is 0 Å². The third-order valence-electron chi connectivity index (χ3n) is 0.136. The predicted molar refractivity (Wildman–Crippen MR) is 22.4 cm³/mol. The van der Waals surface area contributed by atoms with E-state index in [0.717, 1.165) is 10.5 Å². The first-order valence-electron chi connectivity index (χ1n) is 0.977. The second kappa shape index (κ2) is 3.35. The van der Waals surface area contributed by atoms with Crippen molar-refractivity contribution in [2.75, 3.05) is 0 Å². The van der Waals surface area contributed by atoms with Gasteiger partial charge in [0.1, 0.15) is 10.5 Å². The third-order valence-corrected chi connectivity index (χ3v) is 1.22. The van der Waals surface area contributed by atoms with Crippen LogP contribution in [0.3, 0.4) is 0 Å². The average Bonchev–Trinajstić information content (AvgIpc) is 1.37. The Morgan fingerprint density at radius 2 is 2.25 bits per heavy atom. The van der Waals surface area contributed by atoms with E-state index >= 15 is 0 Å². The van der Waals surface area contributed by atoms with Crippen molar-refractivity contribution in [2.45, 2.75) is 0 Å². The van der Waals surface area contributed by atoms with Gasteiger partial charge in [-0.05, 0) is 0 Å². The quantitative estimate of drug-likeness (QED) is 0.363. The second-order valence-corrected chi connectivity index (χ2v) is 2.53. The van der Waals surface area contributed by atoms with Gasteiger partial charge in [0.05, 0.1) is 0 Å². The number of hydrogen-bond acceptors (Lipinski definition) is 2. The predicted octanol–water partition coefficient (Wildman–Crippen LogP) is -2.49. The van der Waals surface area contributed by atoms with E-state index in [0.29, 0.717) is 0 Å². The Hall–Kier alpha value is 0.354. The van der Waals surface area contributed by atoms with Crippen LogP contribution < -0.4 is 5.40 Å². The number of rotatable bonds is 1. The van der Waals surface area contributed by atoms with Crippen LogP contribution in [0.25, 0.3) is 0 Å². The van der Waals surface area contributed by atoms with Gasteiger partial charge in [0.15, 0.2) is 0 Å². The molecule has 0 spiro atoms. The van der Waals surface area contributed by atoms with E-state index in [1.165, 1.54) is 0 Å². The molecule has 4 heavy (non-hydrogen) atoms. The molecule has 0 saturated carbocycles. The van der Waals surface area contributed by atoms with Gasteiger partial charge in [0.2, 0.25) is 0 Å². The Balaban J connectivity index is 1.97. The zero-order valence-electron chi connectivity index (χ0n) is 2.56. The van der Waals surface area contributed by atoms with E-state index in [4.69, 9.17) is 5.40 Å². The normalized spacial score (nSPS) is 8.25.